The van der Waals surface area contributed by atoms with Crippen LogP contribution in [0.25, 0.3) is 0 Å². The van der Waals surface area contributed by atoms with E-state index in [1.165, 1.54) is 6.07 Å². The molecule has 1 aliphatic rings. The second-order valence-corrected chi connectivity index (χ2v) is 4.16. The van der Waals surface area contributed by atoms with Crippen molar-refractivity contribution >= 4 is 23.9 Å². The SMILES string of the molecule is Cl.Nc1c(F)ccc(O)c1C1CCCCC1=O. The second kappa shape index (κ2) is 5.36. The summed E-state index contributed by atoms with van der Waals surface area (Å²) in [5, 5.41) is 9.69. The molecule has 0 spiro atoms. The molecule has 1 aliphatic carbocycles. The van der Waals surface area contributed by atoms with Gasteiger partial charge < -0.3 is 10.8 Å². The Hall–Kier alpha value is -1.29. The molecule has 1 unspecified atom stereocenters. The van der Waals surface area contributed by atoms with Crippen LogP contribution in [-0.4, -0.2) is 10.9 Å². The Morgan fingerprint density at radius 2 is 2.06 bits per heavy atom. The highest BCUT2D eigenvalue weighted by molar-refractivity contribution is 5.88. The topological polar surface area (TPSA) is 63.3 Å². The summed E-state index contributed by atoms with van der Waals surface area (Å²) >= 11 is 0. The minimum atomic E-state index is -0.578. The molecule has 3 nitrogen and oxygen atoms in total. The maximum absolute atomic E-state index is 13.3. The van der Waals surface area contributed by atoms with Gasteiger partial charge in [-0.15, -0.1) is 12.4 Å². The van der Waals surface area contributed by atoms with Gasteiger partial charge in [-0.2, -0.15) is 0 Å². The summed E-state index contributed by atoms with van der Waals surface area (Å²) in [4.78, 5) is 11.7. The molecule has 0 aliphatic heterocycles. The molecule has 0 amide bonds. The van der Waals surface area contributed by atoms with Crippen molar-refractivity contribution in [3.8, 4) is 5.75 Å². The van der Waals surface area contributed by atoms with Crippen molar-refractivity contribution in [2.24, 2.45) is 0 Å². The van der Waals surface area contributed by atoms with Crippen LogP contribution in [0.4, 0.5) is 10.1 Å². The van der Waals surface area contributed by atoms with Crippen LogP contribution in [0.5, 0.6) is 5.75 Å². The van der Waals surface area contributed by atoms with E-state index in [0.717, 1.165) is 18.9 Å². The molecule has 1 saturated carbocycles. The number of Topliss-reactive ketones (excluding diaryl/α,β-unsaturated/α-hetero) is 1. The smallest absolute Gasteiger partial charge is 0.146 e. The highest BCUT2D eigenvalue weighted by Gasteiger charge is 2.28. The molecule has 17 heavy (non-hydrogen) atoms. The Balaban J connectivity index is 0.00000144. The lowest BCUT2D eigenvalue weighted by atomic mass is 9.82. The number of phenols is 1. The van der Waals surface area contributed by atoms with E-state index in [4.69, 9.17) is 5.73 Å². The minimum Gasteiger partial charge on any atom is -0.508 e. The average molecular weight is 260 g/mol. The lowest BCUT2D eigenvalue weighted by Crippen LogP contribution is -2.18. The number of carbonyl (C=O) groups is 1. The summed E-state index contributed by atoms with van der Waals surface area (Å²) in [5.41, 5.74) is 5.76. The number of hydrogen-bond acceptors (Lipinski definition) is 3. The lowest BCUT2D eigenvalue weighted by Gasteiger charge is -2.23. The minimum absolute atomic E-state index is 0. The largest absolute Gasteiger partial charge is 0.508 e. The van der Waals surface area contributed by atoms with Crippen LogP contribution in [0.3, 0.4) is 0 Å². The number of ketones is 1. The first kappa shape index (κ1) is 13.8. The Labute approximate surface area is 105 Å². The Morgan fingerprint density at radius 1 is 1.35 bits per heavy atom. The molecule has 0 heterocycles. The van der Waals surface area contributed by atoms with Gasteiger partial charge in [0.2, 0.25) is 0 Å². The lowest BCUT2D eigenvalue weighted by molar-refractivity contribution is -0.121. The highest BCUT2D eigenvalue weighted by atomic mass is 35.5. The molecule has 1 aromatic rings. The molecule has 1 fully saturated rings. The molecule has 1 aromatic carbocycles. The number of nitrogen functional groups attached to an aromatic ring is 1. The molecule has 0 radical (unpaired) electrons. The van der Waals surface area contributed by atoms with Gasteiger partial charge in [-0.05, 0) is 25.0 Å². The molecule has 94 valence electrons. The monoisotopic (exact) mass is 259 g/mol. The molecule has 0 saturated heterocycles. The first-order valence-corrected chi connectivity index (χ1v) is 5.41. The van der Waals surface area contributed by atoms with Crippen LogP contribution in [-0.2, 0) is 4.79 Å². The van der Waals surface area contributed by atoms with E-state index in [0.29, 0.717) is 12.8 Å². The van der Waals surface area contributed by atoms with Crippen molar-refractivity contribution in [1.29, 1.82) is 0 Å². The zero-order valence-corrected chi connectivity index (χ0v) is 10.1. The van der Waals surface area contributed by atoms with Crippen molar-refractivity contribution < 1.29 is 14.3 Å². The summed E-state index contributed by atoms with van der Waals surface area (Å²) in [7, 11) is 0. The van der Waals surface area contributed by atoms with E-state index >= 15 is 0 Å². The third kappa shape index (κ3) is 2.52. The fraction of sp³-hybridized carbons (Fsp3) is 0.417. The third-order valence-corrected chi connectivity index (χ3v) is 3.11. The van der Waals surface area contributed by atoms with Gasteiger partial charge in [0.1, 0.15) is 17.3 Å². The van der Waals surface area contributed by atoms with Crippen molar-refractivity contribution in [1.82, 2.24) is 0 Å². The zero-order valence-electron chi connectivity index (χ0n) is 9.28. The number of benzene rings is 1. The van der Waals surface area contributed by atoms with E-state index in [1.807, 2.05) is 0 Å². The molecular weight excluding hydrogens is 245 g/mol. The summed E-state index contributed by atoms with van der Waals surface area (Å²) in [6.45, 7) is 0. The van der Waals surface area contributed by atoms with Gasteiger partial charge in [0, 0.05) is 17.9 Å². The second-order valence-electron chi connectivity index (χ2n) is 4.16. The van der Waals surface area contributed by atoms with E-state index in [1.54, 1.807) is 0 Å². The van der Waals surface area contributed by atoms with E-state index in [-0.39, 0.29) is 35.2 Å². The van der Waals surface area contributed by atoms with Gasteiger partial charge >= 0.3 is 0 Å². The number of anilines is 1. The summed E-state index contributed by atoms with van der Waals surface area (Å²) in [5.74, 6) is -1.06. The van der Waals surface area contributed by atoms with Gasteiger partial charge in [0.05, 0.1) is 5.69 Å². The first-order valence-electron chi connectivity index (χ1n) is 5.41. The van der Waals surface area contributed by atoms with Crippen molar-refractivity contribution in [2.45, 2.75) is 31.6 Å². The Kier molecular flexibility index (Phi) is 4.34. The number of rotatable bonds is 1. The number of phenolic OH excluding ortho intramolecular Hbond substituents is 1. The molecule has 3 N–H and O–H groups in total. The number of carbonyl (C=O) groups excluding carboxylic acids is 1. The normalized spacial score (nSPS) is 19.8. The fourth-order valence-corrected chi connectivity index (χ4v) is 2.25. The summed E-state index contributed by atoms with van der Waals surface area (Å²) < 4.78 is 13.3. The Bertz CT molecular complexity index is 437. The quantitative estimate of drug-likeness (QED) is 0.763. The van der Waals surface area contributed by atoms with E-state index in [2.05, 4.69) is 0 Å². The summed E-state index contributed by atoms with van der Waals surface area (Å²) in [6, 6.07) is 2.37. The Morgan fingerprint density at radius 3 is 2.71 bits per heavy atom. The van der Waals surface area contributed by atoms with Crippen LogP contribution in [0.15, 0.2) is 12.1 Å². The maximum Gasteiger partial charge on any atom is 0.146 e. The van der Waals surface area contributed by atoms with Gasteiger partial charge in [0.15, 0.2) is 0 Å². The van der Waals surface area contributed by atoms with Crippen molar-refractivity contribution in [3.05, 3.63) is 23.5 Å². The average Bonchev–Trinajstić information content (AvgIpc) is 2.27. The number of halogens is 2. The molecule has 1 atom stereocenters. The fourth-order valence-electron chi connectivity index (χ4n) is 2.25. The number of nitrogens with two attached hydrogens (primary N) is 1. The van der Waals surface area contributed by atoms with Gasteiger partial charge in [0.25, 0.3) is 0 Å². The molecule has 5 heteroatoms. The van der Waals surface area contributed by atoms with Crippen LogP contribution in [0.2, 0.25) is 0 Å². The van der Waals surface area contributed by atoms with E-state index < -0.39 is 11.7 Å². The molecule has 2 rings (SSSR count). The number of aromatic hydroxyl groups is 1. The van der Waals surface area contributed by atoms with Gasteiger partial charge in [-0.1, -0.05) is 6.42 Å². The van der Waals surface area contributed by atoms with Gasteiger partial charge in [-0.3, -0.25) is 4.79 Å². The van der Waals surface area contributed by atoms with Crippen molar-refractivity contribution in [2.75, 3.05) is 5.73 Å². The number of hydrogen-bond donors (Lipinski definition) is 2. The first-order chi connectivity index (χ1) is 7.61. The van der Waals surface area contributed by atoms with Crippen molar-refractivity contribution in [3.63, 3.8) is 0 Å². The van der Waals surface area contributed by atoms with Gasteiger partial charge in [-0.25, -0.2) is 4.39 Å². The molecule has 0 bridgehead atoms. The zero-order chi connectivity index (χ0) is 11.7. The van der Waals surface area contributed by atoms with Crippen LogP contribution in [0.1, 0.15) is 37.2 Å². The molecular formula is C12H15ClFNO2. The third-order valence-electron chi connectivity index (χ3n) is 3.11. The highest BCUT2D eigenvalue weighted by Crippen LogP contribution is 2.39. The molecule has 0 aromatic heterocycles. The summed E-state index contributed by atoms with van der Waals surface area (Å²) in [6.07, 6.45) is 2.90. The van der Waals surface area contributed by atoms with Crippen LogP contribution >= 0.6 is 12.4 Å². The van der Waals surface area contributed by atoms with Crippen LogP contribution < -0.4 is 5.73 Å². The van der Waals surface area contributed by atoms with Crippen LogP contribution in [0, 0.1) is 5.82 Å². The standard InChI is InChI=1S/C12H14FNO2.ClH/c13-8-5-6-10(16)11(12(8)14)7-3-1-2-4-9(7)15;/h5-7,16H,1-4,14H2;1H. The maximum atomic E-state index is 13.3. The van der Waals surface area contributed by atoms with E-state index in [9.17, 15) is 14.3 Å². The predicted octanol–water partition coefficient (Wildman–Crippen LogP) is 2.76. The predicted molar refractivity (Wildman–Crippen MR) is 65.9 cm³/mol.